The molecular weight excluding hydrogens is 268 g/mol. The molecule has 2 unspecified atom stereocenters. The average Bonchev–Trinajstić information content (AvgIpc) is 2.57. The summed E-state index contributed by atoms with van der Waals surface area (Å²) < 4.78 is 0. The van der Waals surface area contributed by atoms with Gasteiger partial charge in [0.2, 0.25) is 0 Å². The van der Waals surface area contributed by atoms with E-state index in [1.807, 2.05) is 6.08 Å². The van der Waals surface area contributed by atoms with E-state index in [0.717, 1.165) is 38.6 Å². The van der Waals surface area contributed by atoms with Gasteiger partial charge >= 0.3 is 0 Å². The van der Waals surface area contributed by atoms with Crippen molar-refractivity contribution in [1.82, 2.24) is 5.32 Å². The predicted molar refractivity (Wildman–Crippen MR) is 95.8 cm³/mol. The van der Waals surface area contributed by atoms with Crippen LogP contribution in [-0.4, -0.2) is 18.6 Å². The van der Waals surface area contributed by atoms with Crippen molar-refractivity contribution in [3.8, 4) is 0 Å². The molecule has 0 aliphatic heterocycles. The summed E-state index contributed by atoms with van der Waals surface area (Å²) in [7, 11) is 0. The number of nitrogens with two attached hydrogens (primary N) is 1. The third-order valence-corrected chi connectivity index (χ3v) is 4.11. The Morgan fingerprint density at radius 2 is 2.09 bits per heavy atom. The smallest absolute Gasteiger partial charge is 0.0293 e. The first-order chi connectivity index (χ1) is 10.8. The Hall–Kier alpha value is -1.64. The van der Waals surface area contributed by atoms with Crippen molar-refractivity contribution in [1.29, 1.82) is 0 Å². The van der Waals surface area contributed by atoms with Gasteiger partial charge in [0.25, 0.3) is 0 Å². The lowest BCUT2D eigenvalue weighted by Crippen LogP contribution is -2.36. The summed E-state index contributed by atoms with van der Waals surface area (Å²) in [6, 6.07) is 11.4. The molecule has 118 valence electrons. The van der Waals surface area contributed by atoms with Gasteiger partial charge in [-0.15, -0.1) is 6.58 Å². The number of rotatable bonds is 9. The van der Waals surface area contributed by atoms with E-state index in [1.54, 1.807) is 0 Å². The highest BCUT2D eigenvalue weighted by Gasteiger charge is 2.12. The molecule has 1 aromatic rings. The third-order valence-electron chi connectivity index (χ3n) is 4.11. The molecule has 2 atom stereocenters. The van der Waals surface area contributed by atoms with Crippen LogP contribution in [0.1, 0.15) is 31.2 Å². The minimum Gasteiger partial charge on any atom is -0.330 e. The van der Waals surface area contributed by atoms with E-state index in [0.29, 0.717) is 12.1 Å². The molecule has 0 saturated heterocycles. The van der Waals surface area contributed by atoms with Gasteiger partial charge in [-0.2, -0.15) is 0 Å². The van der Waals surface area contributed by atoms with Gasteiger partial charge in [-0.1, -0.05) is 61.1 Å². The van der Waals surface area contributed by atoms with Gasteiger partial charge in [-0.25, -0.2) is 0 Å². The highest BCUT2D eigenvalue weighted by Crippen LogP contribution is 2.16. The van der Waals surface area contributed by atoms with E-state index in [-0.39, 0.29) is 0 Å². The maximum Gasteiger partial charge on any atom is 0.0293 e. The van der Waals surface area contributed by atoms with Crippen LogP contribution in [0.4, 0.5) is 0 Å². The van der Waals surface area contributed by atoms with E-state index in [4.69, 9.17) is 5.73 Å². The van der Waals surface area contributed by atoms with Gasteiger partial charge < -0.3 is 11.1 Å². The van der Waals surface area contributed by atoms with Crippen LogP contribution in [0.2, 0.25) is 0 Å². The summed E-state index contributed by atoms with van der Waals surface area (Å²) in [5.74, 6) is 0. The fourth-order valence-corrected chi connectivity index (χ4v) is 2.80. The Balaban J connectivity index is 1.78. The zero-order valence-electron chi connectivity index (χ0n) is 13.4. The van der Waals surface area contributed by atoms with Crippen LogP contribution in [0.3, 0.4) is 0 Å². The number of hydrogen-bond donors (Lipinski definition) is 2. The molecule has 0 fully saturated rings. The highest BCUT2D eigenvalue weighted by molar-refractivity contribution is 5.31. The van der Waals surface area contributed by atoms with Crippen molar-refractivity contribution >= 4 is 0 Å². The first kappa shape index (κ1) is 16.7. The zero-order valence-corrected chi connectivity index (χ0v) is 13.4. The molecule has 2 heteroatoms. The number of unbranched alkanes of at least 4 members (excludes halogenated alkanes) is 1. The molecule has 2 nitrogen and oxygen atoms in total. The maximum atomic E-state index is 5.55. The van der Waals surface area contributed by atoms with Crippen molar-refractivity contribution in [2.24, 2.45) is 5.73 Å². The summed E-state index contributed by atoms with van der Waals surface area (Å²) in [5.41, 5.74) is 8.33. The molecule has 1 aromatic carbocycles. The van der Waals surface area contributed by atoms with Crippen molar-refractivity contribution in [2.45, 2.75) is 44.2 Å². The van der Waals surface area contributed by atoms with E-state index in [2.05, 4.69) is 60.5 Å². The van der Waals surface area contributed by atoms with Gasteiger partial charge in [-0.05, 0) is 43.4 Å². The van der Waals surface area contributed by atoms with E-state index >= 15 is 0 Å². The molecule has 0 radical (unpaired) electrons. The average molecular weight is 296 g/mol. The van der Waals surface area contributed by atoms with Crippen LogP contribution in [0.25, 0.3) is 0 Å². The van der Waals surface area contributed by atoms with Crippen molar-refractivity contribution in [3.05, 3.63) is 72.4 Å². The number of allylic oxidation sites excluding steroid dienone is 2. The Bertz CT molecular complexity index is 502. The molecular formula is C20H28N2. The Morgan fingerprint density at radius 1 is 1.27 bits per heavy atom. The van der Waals surface area contributed by atoms with Gasteiger partial charge in [-0.3, -0.25) is 0 Å². The normalized spacial score (nSPS) is 18.8. The second kappa shape index (κ2) is 9.39. The van der Waals surface area contributed by atoms with Gasteiger partial charge in [0, 0.05) is 12.1 Å². The van der Waals surface area contributed by atoms with E-state index < -0.39 is 0 Å². The summed E-state index contributed by atoms with van der Waals surface area (Å²) in [6.07, 6.45) is 14.4. The van der Waals surface area contributed by atoms with Crippen LogP contribution in [-0.2, 0) is 6.42 Å². The van der Waals surface area contributed by atoms with Crippen LogP contribution in [0.15, 0.2) is 66.8 Å². The largest absolute Gasteiger partial charge is 0.330 e. The van der Waals surface area contributed by atoms with E-state index in [9.17, 15) is 0 Å². The minimum absolute atomic E-state index is 0.380. The van der Waals surface area contributed by atoms with Gasteiger partial charge in [0.15, 0.2) is 0 Å². The van der Waals surface area contributed by atoms with E-state index in [1.165, 1.54) is 11.1 Å². The highest BCUT2D eigenvalue weighted by atomic mass is 14.9. The maximum absolute atomic E-state index is 5.55. The lowest BCUT2D eigenvalue weighted by atomic mass is 9.96. The Morgan fingerprint density at radius 3 is 2.73 bits per heavy atom. The zero-order chi connectivity index (χ0) is 15.6. The molecule has 3 N–H and O–H groups in total. The fraction of sp³-hybridized carbons (Fsp3) is 0.400. The monoisotopic (exact) mass is 296 g/mol. The van der Waals surface area contributed by atoms with Gasteiger partial charge in [0.1, 0.15) is 0 Å². The van der Waals surface area contributed by atoms with Crippen molar-refractivity contribution < 1.29 is 0 Å². The Kier molecular flexibility index (Phi) is 7.14. The van der Waals surface area contributed by atoms with Crippen LogP contribution in [0, 0.1) is 0 Å². The predicted octanol–water partition coefficient (Wildman–Crippen LogP) is 3.76. The van der Waals surface area contributed by atoms with Crippen molar-refractivity contribution in [3.63, 3.8) is 0 Å². The Labute approximate surface area is 134 Å². The van der Waals surface area contributed by atoms with Crippen molar-refractivity contribution in [2.75, 3.05) is 6.54 Å². The molecule has 0 bridgehead atoms. The second-order valence-electron chi connectivity index (χ2n) is 5.94. The first-order valence-corrected chi connectivity index (χ1v) is 8.31. The van der Waals surface area contributed by atoms with Crippen LogP contribution < -0.4 is 11.1 Å². The lowest BCUT2D eigenvalue weighted by molar-refractivity contribution is 0.486. The molecule has 2 rings (SSSR count). The lowest BCUT2D eigenvalue weighted by Gasteiger charge is -2.23. The number of benzene rings is 1. The summed E-state index contributed by atoms with van der Waals surface area (Å²) in [6.45, 7) is 4.72. The molecule has 0 heterocycles. The number of nitrogens with one attached hydrogen (secondary N) is 1. The number of hydrogen-bond acceptors (Lipinski definition) is 2. The second-order valence-corrected chi connectivity index (χ2v) is 5.94. The molecule has 0 saturated carbocycles. The van der Waals surface area contributed by atoms with Crippen LogP contribution >= 0.6 is 0 Å². The minimum atomic E-state index is 0.380. The van der Waals surface area contributed by atoms with Crippen LogP contribution in [0.5, 0.6) is 0 Å². The van der Waals surface area contributed by atoms with Gasteiger partial charge in [0.05, 0.1) is 0 Å². The standard InChI is InChI=1S/C20H28N2/c1-2-19(10-6-7-15-21)22-20-13-11-18(12-14-20)16-17-8-4-3-5-9-17/h2-5,8-9,11-13,19-20,22H,1,6-7,10,14-16,21H2. The quantitative estimate of drug-likeness (QED) is 0.538. The summed E-state index contributed by atoms with van der Waals surface area (Å²) >= 11 is 0. The molecule has 1 aliphatic rings. The third kappa shape index (κ3) is 5.63. The fourth-order valence-electron chi connectivity index (χ4n) is 2.80. The molecule has 0 aromatic heterocycles. The first-order valence-electron chi connectivity index (χ1n) is 8.31. The SMILES string of the molecule is C=CC(CCCCN)NC1C=CC(Cc2ccccc2)=CC1. The topological polar surface area (TPSA) is 38.0 Å². The molecule has 22 heavy (non-hydrogen) atoms. The molecule has 0 amide bonds. The summed E-state index contributed by atoms with van der Waals surface area (Å²) in [4.78, 5) is 0. The molecule has 0 spiro atoms. The summed E-state index contributed by atoms with van der Waals surface area (Å²) in [5, 5.41) is 3.66. The molecule has 1 aliphatic carbocycles.